The molecule has 8 aromatic rings. The summed E-state index contributed by atoms with van der Waals surface area (Å²) in [6, 6.07) is 16.5. The molecule has 14 heterocycles. The molecule has 2 aromatic carbocycles. The summed E-state index contributed by atoms with van der Waals surface area (Å²) in [4.78, 5) is 163. The van der Waals surface area contributed by atoms with Crippen molar-refractivity contribution in [2.75, 3.05) is 98.4 Å². The zero-order chi connectivity index (χ0) is 84.2. The predicted molar refractivity (Wildman–Crippen MR) is 468 cm³/mol. The van der Waals surface area contributed by atoms with Crippen LogP contribution in [0.1, 0.15) is 161 Å². The number of ether oxygens (including phenoxy) is 2. The van der Waals surface area contributed by atoms with Crippen molar-refractivity contribution in [2.45, 2.75) is 157 Å². The van der Waals surface area contributed by atoms with E-state index in [4.69, 9.17) is 21.1 Å². The van der Waals surface area contributed by atoms with E-state index in [1.165, 1.54) is 37.1 Å². The number of Topliss-reactive ketones (excluding diaryl/α,β-unsaturated/α-hetero) is 4. The summed E-state index contributed by atoms with van der Waals surface area (Å²) in [5.41, 5.74) is 6.96. The Bertz CT molecular complexity index is 5230. The first-order valence-electron chi connectivity index (χ1n) is 41.2. The third-order valence-corrected chi connectivity index (χ3v) is 23.8. The third-order valence-electron chi connectivity index (χ3n) is 23.6. The van der Waals surface area contributed by atoms with Crippen molar-refractivity contribution in [1.82, 2.24) is 62.6 Å². The topological polar surface area (TPSA) is 319 Å². The molecule has 2 N–H and O–H groups in total. The third kappa shape index (κ3) is 23.4. The molecule has 0 unspecified atom stereocenters. The fourth-order valence-electron chi connectivity index (χ4n) is 17.1. The summed E-state index contributed by atoms with van der Waals surface area (Å²) in [6.07, 6.45) is 24.1. The molecule has 8 aliphatic heterocycles. The maximum atomic E-state index is 15.1. The largest absolute Gasteiger partial charge is 1.00 e. The van der Waals surface area contributed by atoms with Crippen molar-refractivity contribution in [3.05, 3.63) is 143 Å². The van der Waals surface area contributed by atoms with Crippen LogP contribution in [0.3, 0.4) is 0 Å². The molecule has 659 valence electrons. The summed E-state index contributed by atoms with van der Waals surface area (Å²) in [5.74, 6) is -1.31. The van der Waals surface area contributed by atoms with Crippen LogP contribution < -0.4 is 34.9 Å². The zero-order valence-electron chi connectivity index (χ0n) is 70.4. The minimum atomic E-state index is -0.476. The summed E-state index contributed by atoms with van der Waals surface area (Å²) < 4.78 is 47.9. The van der Waals surface area contributed by atoms with Gasteiger partial charge in [-0.25, -0.2) is 33.1 Å². The quantitative estimate of drug-likeness (QED) is 0.0446. The molecule has 6 saturated heterocycles. The number of allylic oxidation sites excluding steroid dienone is 4. The standard InChI is InChI=1S/C30H28FN5O4.C30H26FN5O4.C11H19NO3.C7H10ClNO2.C6H11NO.C4H8O.2CH4.B.ClH.Na.H/c2*31-20-11-19-15-35(30(40)33-7-4-18(17-37)5-8-33)10-9-34-16-22(21(12-20)29(19)34)27-24(38)13-25(39)28(27)23-14-32-26-3-1-2-6-36(23)26;1-11(2,3)15-10(14)12-6-4-9(8-13)5-7-12;8-7(11)9-3-1-6(5-10)2-4-9;8-5-6-1-3-7-4-2-6;1-2-4-5-3-1;;;;;;/h1-3,6,11-12,14,16,18,37H,4-5,7-10,13,15,17H2;1-3,6,11-12,14,16-18H,4-5,7-10,13,15H2;8-9H,4-7H2,1-3H3;5-6H,1-4H2;5-7H,1-4H2;1-4H2;2*1H4;;1H;;/q;;;;;;;;;;+1;-1. The van der Waals surface area contributed by atoms with Crippen molar-refractivity contribution >= 4 is 160 Å². The molecule has 28 nitrogen and oxygen atoms in total. The molecular weight excluding hydrogens is 1650 g/mol. The van der Waals surface area contributed by atoms with E-state index in [1.54, 1.807) is 58.1 Å². The van der Waals surface area contributed by atoms with Crippen molar-refractivity contribution in [2.24, 2.45) is 29.6 Å². The first kappa shape index (κ1) is 99.8. The van der Waals surface area contributed by atoms with Crippen LogP contribution in [0.5, 0.6) is 0 Å². The van der Waals surface area contributed by atoms with Gasteiger partial charge in [0.05, 0.1) is 58.8 Å². The number of aromatic nitrogens is 6. The molecule has 0 saturated carbocycles. The van der Waals surface area contributed by atoms with Gasteiger partial charge in [0.15, 0.2) is 23.1 Å². The second-order valence-corrected chi connectivity index (χ2v) is 33.1. The monoisotopic (exact) mass is 1760 g/mol. The van der Waals surface area contributed by atoms with Gasteiger partial charge in [0.25, 0.3) is 0 Å². The number of likely N-dealkylation sites (tertiary alicyclic amines) is 4. The molecule has 6 aromatic heterocycles. The van der Waals surface area contributed by atoms with Crippen LogP contribution in [0.2, 0.25) is 0 Å². The molecular formula is C90H112BCl2F2N13NaO15. The van der Waals surface area contributed by atoms with Crippen LogP contribution in [-0.2, 0) is 74.0 Å². The maximum absolute atomic E-state index is 15.1. The van der Waals surface area contributed by atoms with Gasteiger partial charge in [-0.15, -0.1) is 12.4 Å². The van der Waals surface area contributed by atoms with E-state index in [0.717, 1.165) is 114 Å². The van der Waals surface area contributed by atoms with Crippen molar-refractivity contribution in [1.29, 1.82) is 0 Å². The number of aldehydes is 4. The number of ketones is 4. The van der Waals surface area contributed by atoms with E-state index in [2.05, 4.69) is 15.3 Å². The second kappa shape index (κ2) is 45.5. The Hall–Kier alpha value is -9.60. The second-order valence-electron chi connectivity index (χ2n) is 32.8. The summed E-state index contributed by atoms with van der Waals surface area (Å²) >= 11 is 5.25. The number of nitrogens with one attached hydrogen (secondary N) is 1. The Kier molecular flexibility index (Phi) is 36.7. The number of halogens is 4. The maximum Gasteiger partial charge on any atom is 1.00 e. The van der Waals surface area contributed by atoms with Crippen LogP contribution in [0.25, 0.3) is 55.4 Å². The van der Waals surface area contributed by atoms with Gasteiger partial charge < -0.3 is 79.0 Å². The molecule has 0 spiro atoms. The number of piperidine rings is 5. The van der Waals surface area contributed by atoms with Gasteiger partial charge >= 0.3 is 53.1 Å². The van der Waals surface area contributed by atoms with Crippen molar-refractivity contribution in [3.8, 4) is 0 Å². The molecule has 18 rings (SSSR count). The summed E-state index contributed by atoms with van der Waals surface area (Å²) in [5, 5.41) is 13.3. The van der Waals surface area contributed by atoms with Gasteiger partial charge in [0, 0.05) is 201 Å². The SMILES string of the molecule is C.C.C1CCOC1.CC(C)(C)OC(=O)N1CCC(C=O)CC1.Cl.O=C1CC(=O)C(c2cnc3ccccn23)=C1c1cn2c3c(cc(F)cc13)CN(C(=O)N1CCC(CO)CC1)CC2.O=CC1CCN(C(=O)Cl)CC1.O=CC1CCN(C(=O)N2CCn3cc(C4=C(c5cnc6ccccn56)C(=O)CC4=O)c4cc(F)cc(c43)C2)CC1.O=CC1CCNCC1.[B].[H-].[Na+]. The van der Waals surface area contributed by atoms with E-state index in [-0.39, 0.29) is 175 Å². The number of aliphatic hydroxyl groups excluding tert-OH is 1. The number of carbonyl (C=O) groups excluding carboxylic acids is 12. The summed E-state index contributed by atoms with van der Waals surface area (Å²) in [6.45, 7) is 16.6. The molecule has 0 atom stereocenters. The van der Waals surface area contributed by atoms with Crippen LogP contribution in [-0.4, -0.2) is 247 Å². The number of benzene rings is 2. The van der Waals surface area contributed by atoms with Crippen LogP contribution in [0.4, 0.5) is 28.0 Å². The number of hydrogen-bond donors (Lipinski definition) is 2. The first-order chi connectivity index (χ1) is 57.4. The number of carbonyl (C=O) groups is 12. The van der Waals surface area contributed by atoms with E-state index < -0.39 is 22.6 Å². The average molecular weight is 1760 g/mol. The van der Waals surface area contributed by atoms with Gasteiger partial charge in [0.1, 0.15) is 53.7 Å². The zero-order valence-corrected chi connectivity index (χ0v) is 73.0. The average Bonchev–Trinajstić information content (AvgIpc) is 1.58. The number of nitrogens with zero attached hydrogens (tertiary/aromatic N) is 12. The van der Waals surface area contributed by atoms with Crippen molar-refractivity contribution in [3.63, 3.8) is 0 Å². The molecule has 0 bridgehead atoms. The van der Waals surface area contributed by atoms with Gasteiger partial charge in [-0.3, -0.25) is 32.8 Å². The minimum Gasteiger partial charge on any atom is -1.00 e. The van der Waals surface area contributed by atoms with E-state index in [1.807, 2.05) is 83.6 Å². The minimum absolute atomic E-state index is 0. The Morgan fingerprint density at radius 3 is 1.28 bits per heavy atom. The Morgan fingerprint density at radius 1 is 0.540 bits per heavy atom. The van der Waals surface area contributed by atoms with Crippen LogP contribution >= 0.6 is 24.0 Å². The van der Waals surface area contributed by atoms with Gasteiger partial charge in [-0.1, -0.05) is 27.0 Å². The number of imidazole rings is 2. The fraction of sp³-hybridized carbons (Fsp3) is 0.489. The molecule has 124 heavy (non-hydrogen) atoms. The van der Waals surface area contributed by atoms with E-state index in [9.17, 15) is 62.6 Å². The normalized spacial score (nSPS) is 18.3. The number of amides is 6. The van der Waals surface area contributed by atoms with Gasteiger partial charge in [-0.2, -0.15) is 0 Å². The Labute approximate surface area is 757 Å². The molecule has 6 fully saturated rings. The number of urea groups is 2. The summed E-state index contributed by atoms with van der Waals surface area (Å²) in [7, 11) is 0. The molecule has 10 aliphatic rings. The van der Waals surface area contributed by atoms with Gasteiger partial charge in [-0.05, 0) is 188 Å². The molecule has 3 radical (unpaired) electrons. The Balaban J connectivity index is 0.000000233. The van der Waals surface area contributed by atoms with Crippen LogP contribution in [0, 0.1) is 41.2 Å². The predicted octanol–water partition coefficient (Wildman–Crippen LogP) is 9.75. The number of rotatable bonds is 9. The first-order valence-corrected chi connectivity index (χ1v) is 41.6. The van der Waals surface area contributed by atoms with E-state index in [0.29, 0.717) is 164 Å². The van der Waals surface area contributed by atoms with Gasteiger partial charge in [0.2, 0.25) is 0 Å². The molecule has 2 aliphatic carbocycles. The van der Waals surface area contributed by atoms with E-state index >= 15 is 8.78 Å². The molecule has 34 heteroatoms. The Morgan fingerprint density at radius 2 is 0.919 bits per heavy atom. The number of pyridine rings is 2. The van der Waals surface area contributed by atoms with Crippen LogP contribution in [0.15, 0.2) is 97.8 Å². The molecule has 6 amide bonds. The number of aliphatic hydroxyl groups is 1. The fourth-order valence-corrected chi connectivity index (χ4v) is 17.2. The number of hydrogen-bond acceptors (Lipinski definition) is 18. The smallest absolute Gasteiger partial charge is 1.00 e. The van der Waals surface area contributed by atoms with Crippen molar-refractivity contribution < 1.29 is 112 Å². The number of fused-ring (bicyclic) bond motifs is 2.